The third-order valence-corrected chi connectivity index (χ3v) is 3.28. The van der Waals surface area contributed by atoms with Gasteiger partial charge in [0.25, 0.3) is 0 Å². The maximum absolute atomic E-state index is 13.0. The van der Waals surface area contributed by atoms with Gasteiger partial charge in [0.15, 0.2) is 0 Å². The number of rotatable bonds is 2. The highest BCUT2D eigenvalue weighted by Crippen LogP contribution is 2.21. The predicted octanol–water partition coefficient (Wildman–Crippen LogP) is 2.85. The van der Waals surface area contributed by atoms with Crippen LogP contribution in [0, 0.1) is 17.6 Å². The van der Waals surface area contributed by atoms with Crippen LogP contribution in [-0.4, -0.2) is 25.0 Å². The number of nitrogens with zero attached hydrogens (tertiary/aromatic N) is 1. The molecule has 1 heterocycles. The molecule has 0 unspecified atom stereocenters. The SMILES string of the molecule is CN1CCC(Cc2cc(F)cc(F)c2)CC1. The summed E-state index contributed by atoms with van der Waals surface area (Å²) in [6.07, 6.45) is 3.03. The molecule has 0 amide bonds. The Morgan fingerprint density at radius 3 is 2.25 bits per heavy atom. The Bertz CT molecular complexity index is 337. The molecule has 0 radical (unpaired) electrons. The monoisotopic (exact) mass is 225 g/mol. The normalized spacial score (nSPS) is 18.9. The summed E-state index contributed by atoms with van der Waals surface area (Å²) in [5.74, 6) is -0.372. The van der Waals surface area contributed by atoms with Crippen LogP contribution in [0.3, 0.4) is 0 Å². The Morgan fingerprint density at radius 1 is 1.12 bits per heavy atom. The zero-order valence-electron chi connectivity index (χ0n) is 9.55. The van der Waals surface area contributed by atoms with Gasteiger partial charge in [0, 0.05) is 6.07 Å². The summed E-state index contributed by atoms with van der Waals surface area (Å²) >= 11 is 0. The van der Waals surface area contributed by atoms with E-state index in [4.69, 9.17) is 0 Å². The quantitative estimate of drug-likeness (QED) is 0.748. The number of piperidine rings is 1. The third kappa shape index (κ3) is 3.01. The Balaban J connectivity index is 1.98. The van der Waals surface area contributed by atoms with Crippen LogP contribution >= 0.6 is 0 Å². The van der Waals surface area contributed by atoms with Crippen LogP contribution in [0.4, 0.5) is 8.78 Å². The van der Waals surface area contributed by atoms with Gasteiger partial charge >= 0.3 is 0 Å². The smallest absolute Gasteiger partial charge is 0.126 e. The Hall–Kier alpha value is -0.960. The molecule has 1 aromatic rings. The lowest BCUT2D eigenvalue weighted by Gasteiger charge is -2.28. The Kier molecular flexibility index (Phi) is 3.54. The van der Waals surface area contributed by atoms with Crippen molar-refractivity contribution in [2.75, 3.05) is 20.1 Å². The highest BCUT2D eigenvalue weighted by Gasteiger charge is 2.17. The Morgan fingerprint density at radius 2 is 1.69 bits per heavy atom. The summed E-state index contributed by atoms with van der Waals surface area (Å²) in [5, 5.41) is 0. The number of hydrogen-bond acceptors (Lipinski definition) is 1. The first-order valence-corrected chi connectivity index (χ1v) is 5.77. The predicted molar refractivity (Wildman–Crippen MR) is 60.3 cm³/mol. The molecule has 0 N–H and O–H groups in total. The van der Waals surface area contributed by atoms with Crippen molar-refractivity contribution in [3.8, 4) is 0 Å². The van der Waals surface area contributed by atoms with Gasteiger partial charge in [-0.1, -0.05) is 0 Å². The van der Waals surface area contributed by atoms with Gasteiger partial charge in [0.1, 0.15) is 11.6 Å². The molecule has 0 aromatic heterocycles. The molecule has 0 spiro atoms. The Labute approximate surface area is 95.1 Å². The van der Waals surface area contributed by atoms with Crippen LogP contribution in [-0.2, 0) is 6.42 Å². The fourth-order valence-corrected chi connectivity index (χ4v) is 2.33. The molecular formula is C13H17F2N. The minimum Gasteiger partial charge on any atom is -0.306 e. The van der Waals surface area contributed by atoms with Crippen molar-refractivity contribution in [1.29, 1.82) is 0 Å². The van der Waals surface area contributed by atoms with Gasteiger partial charge in [-0.05, 0) is 63.0 Å². The number of hydrogen-bond donors (Lipinski definition) is 0. The topological polar surface area (TPSA) is 3.24 Å². The maximum atomic E-state index is 13.0. The molecule has 1 nitrogen and oxygen atoms in total. The largest absolute Gasteiger partial charge is 0.306 e. The zero-order chi connectivity index (χ0) is 11.5. The van der Waals surface area contributed by atoms with Crippen molar-refractivity contribution in [3.63, 3.8) is 0 Å². The van der Waals surface area contributed by atoms with Crippen LogP contribution in [0.1, 0.15) is 18.4 Å². The molecule has 88 valence electrons. The second kappa shape index (κ2) is 4.91. The van der Waals surface area contributed by atoms with Crippen LogP contribution in [0.5, 0.6) is 0 Å². The van der Waals surface area contributed by atoms with Gasteiger partial charge in [0.05, 0.1) is 0 Å². The van der Waals surface area contributed by atoms with E-state index in [2.05, 4.69) is 11.9 Å². The van der Waals surface area contributed by atoms with Gasteiger partial charge < -0.3 is 4.90 Å². The molecule has 3 heteroatoms. The minimum atomic E-state index is -0.470. The van der Waals surface area contributed by atoms with Crippen LogP contribution in [0.15, 0.2) is 18.2 Å². The summed E-state index contributed by atoms with van der Waals surface area (Å²) in [4.78, 5) is 2.29. The molecule has 0 bridgehead atoms. The fraction of sp³-hybridized carbons (Fsp3) is 0.538. The molecule has 1 aliphatic heterocycles. The van der Waals surface area contributed by atoms with Crippen molar-refractivity contribution in [1.82, 2.24) is 4.90 Å². The molecule has 1 fully saturated rings. The summed E-state index contributed by atoms with van der Waals surface area (Å²) < 4.78 is 26.0. The first kappa shape index (κ1) is 11.5. The van der Waals surface area contributed by atoms with E-state index in [1.165, 1.54) is 12.1 Å². The first-order chi connectivity index (χ1) is 7.63. The van der Waals surface area contributed by atoms with Crippen LogP contribution in [0.2, 0.25) is 0 Å². The van der Waals surface area contributed by atoms with E-state index in [0.717, 1.165) is 44.0 Å². The molecule has 1 saturated heterocycles. The van der Waals surface area contributed by atoms with Crippen molar-refractivity contribution < 1.29 is 8.78 Å². The highest BCUT2D eigenvalue weighted by atomic mass is 19.1. The summed E-state index contributed by atoms with van der Waals surface area (Å²) in [5.41, 5.74) is 0.784. The maximum Gasteiger partial charge on any atom is 0.126 e. The average Bonchev–Trinajstić information content (AvgIpc) is 2.20. The van der Waals surface area contributed by atoms with E-state index in [9.17, 15) is 8.78 Å². The second-order valence-corrected chi connectivity index (χ2v) is 4.73. The molecule has 2 rings (SSSR count). The fourth-order valence-electron chi connectivity index (χ4n) is 2.33. The number of benzene rings is 1. The minimum absolute atomic E-state index is 0.470. The molecular weight excluding hydrogens is 208 g/mol. The van der Waals surface area contributed by atoms with E-state index in [0.29, 0.717) is 5.92 Å². The number of likely N-dealkylation sites (tertiary alicyclic amines) is 1. The zero-order valence-corrected chi connectivity index (χ0v) is 9.55. The van der Waals surface area contributed by atoms with Gasteiger partial charge in [0.2, 0.25) is 0 Å². The van der Waals surface area contributed by atoms with E-state index in [1.54, 1.807) is 0 Å². The van der Waals surface area contributed by atoms with Gasteiger partial charge in [-0.25, -0.2) is 8.78 Å². The van der Waals surface area contributed by atoms with E-state index >= 15 is 0 Å². The molecule has 0 saturated carbocycles. The third-order valence-electron chi connectivity index (χ3n) is 3.28. The van der Waals surface area contributed by atoms with Gasteiger partial charge in [-0.15, -0.1) is 0 Å². The van der Waals surface area contributed by atoms with Gasteiger partial charge in [-0.2, -0.15) is 0 Å². The molecule has 0 aliphatic carbocycles. The lowest BCUT2D eigenvalue weighted by Crippen LogP contribution is -2.30. The van der Waals surface area contributed by atoms with Crippen molar-refractivity contribution >= 4 is 0 Å². The van der Waals surface area contributed by atoms with E-state index in [1.807, 2.05) is 0 Å². The van der Waals surface area contributed by atoms with Crippen LogP contribution < -0.4 is 0 Å². The van der Waals surface area contributed by atoms with E-state index < -0.39 is 11.6 Å². The van der Waals surface area contributed by atoms with Crippen molar-refractivity contribution in [2.24, 2.45) is 5.92 Å². The molecule has 0 atom stereocenters. The van der Waals surface area contributed by atoms with Crippen LogP contribution in [0.25, 0.3) is 0 Å². The molecule has 16 heavy (non-hydrogen) atoms. The standard InChI is InChI=1S/C13H17F2N/c1-16-4-2-10(3-5-16)6-11-7-12(14)9-13(15)8-11/h7-10H,2-6H2,1H3. The summed E-state index contributed by atoms with van der Waals surface area (Å²) in [6.45, 7) is 2.17. The summed E-state index contributed by atoms with van der Waals surface area (Å²) in [7, 11) is 2.11. The van der Waals surface area contributed by atoms with E-state index in [-0.39, 0.29) is 0 Å². The first-order valence-electron chi connectivity index (χ1n) is 5.77. The number of halogens is 2. The summed E-state index contributed by atoms with van der Waals surface area (Å²) in [6, 6.07) is 3.82. The average molecular weight is 225 g/mol. The van der Waals surface area contributed by atoms with Crippen molar-refractivity contribution in [2.45, 2.75) is 19.3 Å². The molecule has 1 aliphatic rings. The highest BCUT2D eigenvalue weighted by molar-refractivity contribution is 5.18. The lowest BCUT2D eigenvalue weighted by molar-refractivity contribution is 0.219. The van der Waals surface area contributed by atoms with Gasteiger partial charge in [-0.3, -0.25) is 0 Å². The second-order valence-electron chi connectivity index (χ2n) is 4.73. The lowest BCUT2D eigenvalue weighted by atomic mass is 9.90. The van der Waals surface area contributed by atoms with Crippen molar-refractivity contribution in [3.05, 3.63) is 35.4 Å². The molecule has 1 aromatic carbocycles.